The van der Waals surface area contributed by atoms with E-state index in [1.807, 2.05) is 0 Å². The average molecular weight is 208 g/mol. The lowest BCUT2D eigenvalue weighted by atomic mass is 10.0. The number of aromatic nitrogens is 2. The molecule has 1 aromatic rings. The Balaban J connectivity index is 2.09. The van der Waals surface area contributed by atoms with Gasteiger partial charge in [0.2, 0.25) is 0 Å². The average Bonchev–Trinajstić information content (AvgIpc) is 2.33. The molecule has 5 nitrogen and oxygen atoms in total. The molecule has 0 aliphatic carbocycles. The van der Waals surface area contributed by atoms with Crippen LogP contribution < -0.4 is 11.3 Å². The number of nitrogens with zero attached hydrogens (tertiary/aromatic N) is 2. The molecule has 82 valence electrons. The van der Waals surface area contributed by atoms with E-state index in [9.17, 15) is 0 Å². The smallest absolute Gasteiger partial charge is 0.0909 e. The van der Waals surface area contributed by atoms with E-state index >= 15 is 0 Å². The Morgan fingerprint density at radius 1 is 1.47 bits per heavy atom. The SMILES string of the molecule is NNC(c1cnccn1)C1CCCCO1. The number of nitrogens with one attached hydrogen (secondary N) is 1. The largest absolute Gasteiger partial charge is 0.376 e. The minimum atomic E-state index is -0.0565. The van der Waals surface area contributed by atoms with E-state index in [2.05, 4.69) is 15.4 Å². The summed E-state index contributed by atoms with van der Waals surface area (Å²) >= 11 is 0. The van der Waals surface area contributed by atoms with Crippen molar-refractivity contribution < 1.29 is 4.74 Å². The summed E-state index contributed by atoms with van der Waals surface area (Å²) in [5.74, 6) is 5.54. The molecule has 0 radical (unpaired) electrons. The second kappa shape index (κ2) is 5.16. The van der Waals surface area contributed by atoms with Crippen LogP contribution in [0, 0.1) is 0 Å². The lowest BCUT2D eigenvalue weighted by molar-refractivity contribution is -0.00917. The lowest BCUT2D eigenvalue weighted by Crippen LogP contribution is -2.40. The molecule has 2 heterocycles. The molecule has 0 saturated carbocycles. The highest BCUT2D eigenvalue weighted by molar-refractivity contribution is 5.04. The number of nitrogens with two attached hydrogens (primary N) is 1. The van der Waals surface area contributed by atoms with E-state index in [0.717, 1.165) is 25.1 Å². The summed E-state index contributed by atoms with van der Waals surface area (Å²) in [5, 5.41) is 0. The maximum Gasteiger partial charge on any atom is 0.0909 e. The van der Waals surface area contributed by atoms with Crippen LogP contribution in [0.25, 0.3) is 0 Å². The maximum absolute atomic E-state index is 5.68. The monoisotopic (exact) mass is 208 g/mol. The molecule has 0 bridgehead atoms. The molecular weight excluding hydrogens is 192 g/mol. The number of hydrogen-bond acceptors (Lipinski definition) is 5. The van der Waals surface area contributed by atoms with Gasteiger partial charge in [-0.15, -0.1) is 0 Å². The fraction of sp³-hybridized carbons (Fsp3) is 0.600. The van der Waals surface area contributed by atoms with Crippen molar-refractivity contribution in [3.05, 3.63) is 24.3 Å². The van der Waals surface area contributed by atoms with Gasteiger partial charge in [-0.1, -0.05) is 0 Å². The van der Waals surface area contributed by atoms with Crippen LogP contribution in [-0.2, 0) is 4.74 Å². The minimum absolute atomic E-state index is 0.0565. The van der Waals surface area contributed by atoms with E-state index in [0.29, 0.717) is 0 Å². The van der Waals surface area contributed by atoms with Crippen molar-refractivity contribution in [2.45, 2.75) is 31.4 Å². The van der Waals surface area contributed by atoms with Crippen molar-refractivity contribution in [2.24, 2.45) is 5.84 Å². The first-order valence-electron chi connectivity index (χ1n) is 5.25. The standard InChI is InChI=1S/C10H16N4O/c11-14-10(8-7-12-4-5-13-8)9-3-1-2-6-15-9/h4-5,7,9-10,14H,1-3,6,11H2. The van der Waals surface area contributed by atoms with Crippen molar-refractivity contribution in [1.82, 2.24) is 15.4 Å². The molecule has 1 aliphatic heterocycles. The zero-order chi connectivity index (χ0) is 10.5. The Labute approximate surface area is 89.0 Å². The number of hydrazine groups is 1. The van der Waals surface area contributed by atoms with Gasteiger partial charge in [-0.3, -0.25) is 15.8 Å². The van der Waals surface area contributed by atoms with Crippen LogP contribution in [0.15, 0.2) is 18.6 Å². The summed E-state index contributed by atoms with van der Waals surface area (Å²) in [6.45, 7) is 0.809. The van der Waals surface area contributed by atoms with Gasteiger partial charge in [0.25, 0.3) is 0 Å². The maximum atomic E-state index is 5.68. The Bertz CT molecular complexity index is 287. The molecule has 1 saturated heterocycles. The lowest BCUT2D eigenvalue weighted by Gasteiger charge is -2.29. The van der Waals surface area contributed by atoms with E-state index in [1.54, 1.807) is 18.6 Å². The zero-order valence-electron chi connectivity index (χ0n) is 8.60. The van der Waals surface area contributed by atoms with Crippen molar-refractivity contribution in [3.63, 3.8) is 0 Å². The predicted molar refractivity (Wildman–Crippen MR) is 55.7 cm³/mol. The molecule has 0 amide bonds. The van der Waals surface area contributed by atoms with Crippen LogP contribution in [0.1, 0.15) is 31.0 Å². The van der Waals surface area contributed by atoms with Crippen LogP contribution in [0.3, 0.4) is 0 Å². The van der Waals surface area contributed by atoms with Gasteiger partial charge >= 0.3 is 0 Å². The van der Waals surface area contributed by atoms with Crippen molar-refractivity contribution >= 4 is 0 Å². The molecule has 15 heavy (non-hydrogen) atoms. The normalized spacial score (nSPS) is 23.7. The highest BCUT2D eigenvalue weighted by atomic mass is 16.5. The molecule has 1 fully saturated rings. The number of hydrogen-bond donors (Lipinski definition) is 2. The van der Waals surface area contributed by atoms with Crippen molar-refractivity contribution in [3.8, 4) is 0 Å². The minimum Gasteiger partial charge on any atom is -0.376 e. The van der Waals surface area contributed by atoms with E-state index < -0.39 is 0 Å². The molecule has 2 rings (SSSR count). The van der Waals surface area contributed by atoms with Crippen molar-refractivity contribution in [1.29, 1.82) is 0 Å². The first-order valence-corrected chi connectivity index (χ1v) is 5.25. The quantitative estimate of drug-likeness (QED) is 0.560. The highest BCUT2D eigenvalue weighted by Crippen LogP contribution is 2.23. The molecule has 2 unspecified atom stereocenters. The van der Waals surface area contributed by atoms with Crippen LogP contribution >= 0.6 is 0 Å². The van der Waals surface area contributed by atoms with E-state index in [1.165, 1.54) is 6.42 Å². The Kier molecular flexibility index (Phi) is 3.60. The van der Waals surface area contributed by atoms with Gasteiger partial charge in [0.05, 0.1) is 24.0 Å². The fourth-order valence-corrected chi connectivity index (χ4v) is 1.88. The Morgan fingerprint density at radius 2 is 2.40 bits per heavy atom. The van der Waals surface area contributed by atoms with Gasteiger partial charge in [-0.25, -0.2) is 5.43 Å². The third kappa shape index (κ3) is 2.50. The summed E-state index contributed by atoms with van der Waals surface area (Å²) < 4.78 is 5.68. The van der Waals surface area contributed by atoms with Gasteiger partial charge in [0.1, 0.15) is 0 Å². The second-order valence-electron chi connectivity index (χ2n) is 3.68. The predicted octanol–water partition coefficient (Wildman–Crippen LogP) is 0.550. The first-order chi connectivity index (χ1) is 7.42. The number of rotatable bonds is 3. The molecule has 1 aromatic heterocycles. The van der Waals surface area contributed by atoms with E-state index in [4.69, 9.17) is 10.6 Å². The molecule has 0 spiro atoms. The van der Waals surface area contributed by atoms with Crippen LogP contribution in [0.2, 0.25) is 0 Å². The molecule has 5 heteroatoms. The summed E-state index contributed by atoms with van der Waals surface area (Å²) in [4.78, 5) is 8.27. The first kappa shape index (κ1) is 10.5. The van der Waals surface area contributed by atoms with Crippen LogP contribution in [0.4, 0.5) is 0 Å². The summed E-state index contributed by atoms with van der Waals surface area (Å²) in [6.07, 6.45) is 8.49. The van der Waals surface area contributed by atoms with Gasteiger partial charge in [-0.2, -0.15) is 0 Å². The molecular formula is C10H16N4O. The summed E-state index contributed by atoms with van der Waals surface area (Å²) in [6, 6.07) is -0.0565. The van der Waals surface area contributed by atoms with Gasteiger partial charge < -0.3 is 4.74 Å². The topological polar surface area (TPSA) is 73.1 Å². The van der Waals surface area contributed by atoms with Gasteiger partial charge in [-0.05, 0) is 19.3 Å². The number of ether oxygens (including phenoxy) is 1. The highest BCUT2D eigenvalue weighted by Gasteiger charge is 2.25. The zero-order valence-corrected chi connectivity index (χ0v) is 8.60. The van der Waals surface area contributed by atoms with Gasteiger partial charge in [0.15, 0.2) is 0 Å². The Morgan fingerprint density at radius 3 is 3.00 bits per heavy atom. The van der Waals surface area contributed by atoms with Gasteiger partial charge in [0, 0.05) is 19.0 Å². The van der Waals surface area contributed by atoms with Crippen LogP contribution in [0.5, 0.6) is 0 Å². The summed E-state index contributed by atoms with van der Waals surface area (Å²) in [7, 11) is 0. The second-order valence-corrected chi connectivity index (χ2v) is 3.68. The molecule has 1 aliphatic rings. The molecule has 0 aromatic carbocycles. The Hall–Kier alpha value is -1.04. The van der Waals surface area contributed by atoms with Crippen molar-refractivity contribution in [2.75, 3.05) is 6.61 Å². The van der Waals surface area contributed by atoms with Crippen LogP contribution in [-0.4, -0.2) is 22.7 Å². The van der Waals surface area contributed by atoms with E-state index in [-0.39, 0.29) is 12.1 Å². The molecule has 3 N–H and O–H groups in total. The third-order valence-electron chi connectivity index (χ3n) is 2.67. The summed E-state index contributed by atoms with van der Waals surface area (Å²) in [5.41, 5.74) is 3.60. The molecule has 2 atom stereocenters. The fourth-order valence-electron chi connectivity index (χ4n) is 1.88. The third-order valence-corrected chi connectivity index (χ3v) is 2.67.